The Morgan fingerprint density at radius 2 is 1.83 bits per heavy atom. The smallest absolute Gasteiger partial charge is 0.108 e. The first kappa shape index (κ1) is 9.23. The van der Waals surface area contributed by atoms with Gasteiger partial charge in [0.15, 0.2) is 0 Å². The summed E-state index contributed by atoms with van der Waals surface area (Å²) in [5.41, 5.74) is 1.01. The van der Waals surface area contributed by atoms with E-state index in [1.807, 2.05) is 30.3 Å². The molecule has 0 bridgehead atoms. The van der Waals surface area contributed by atoms with Crippen molar-refractivity contribution in [3.05, 3.63) is 35.9 Å². The predicted octanol–water partition coefficient (Wildman–Crippen LogP) is 1.75. The molecular formula is C10H14O2. The minimum Gasteiger partial charge on any atom is -0.390 e. The number of hydrogen-bond acceptors (Lipinski definition) is 2. The van der Waals surface area contributed by atoms with E-state index in [0.29, 0.717) is 0 Å². The van der Waals surface area contributed by atoms with Crippen LogP contribution in [0.3, 0.4) is 0 Å². The van der Waals surface area contributed by atoms with Gasteiger partial charge in [-0.3, -0.25) is 0 Å². The zero-order valence-electron chi connectivity index (χ0n) is 7.40. The van der Waals surface area contributed by atoms with E-state index in [1.165, 1.54) is 0 Å². The SMILES string of the molecule is CO[C@@H](c1ccccc1)[C@H](C)O. The summed E-state index contributed by atoms with van der Waals surface area (Å²) in [6.45, 7) is 1.72. The van der Waals surface area contributed by atoms with Gasteiger partial charge in [-0.2, -0.15) is 0 Å². The third-order valence-electron chi connectivity index (χ3n) is 1.82. The van der Waals surface area contributed by atoms with E-state index >= 15 is 0 Å². The average molecular weight is 166 g/mol. The number of methoxy groups -OCH3 is 1. The topological polar surface area (TPSA) is 29.5 Å². The standard InChI is InChI=1S/C10H14O2/c1-8(11)10(12-2)9-6-4-3-5-7-9/h3-8,10-11H,1-2H3/t8-,10+/m0/s1. The summed E-state index contributed by atoms with van der Waals surface area (Å²) in [7, 11) is 1.60. The number of benzene rings is 1. The summed E-state index contributed by atoms with van der Waals surface area (Å²) < 4.78 is 5.15. The molecule has 12 heavy (non-hydrogen) atoms. The number of hydrogen-bond donors (Lipinski definition) is 1. The molecule has 0 saturated carbocycles. The van der Waals surface area contributed by atoms with Crippen LogP contribution in [0.1, 0.15) is 18.6 Å². The summed E-state index contributed by atoms with van der Waals surface area (Å²) in [6.07, 6.45) is -0.691. The molecule has 2 nitrogen and oxygen atoms in total. The number of ether oxygens (including phenoxy) is 1. The normalized spacial score (nSPS) is 15.6. The first-order valence-corrected chi connectivity index (χ1v) is 4.01. The van der Waals surface area contributed by atoms with E-state index in [1.54, 1.807) is 14.0 Å². The van der Waals surface area contributed by atoms with Crippen LogP contribution in [0.15, 0.2) is 30.3 Å². The van der Waals surface area contributed by atoms with Crippen molar-refractivity contribution < 1.29 is 9.84 Å². The molecule has 0 aliphatic heterocycles. The molecule has 1 N–H and O–H groups in total. The van der Waals surface area contributed by atoms with Crippen molar-refractivity contribution >= 4 is 0 Å². The summed E-state index contributed by atoms with van der Waals surface area (Å²) in [4.78, 5) is 0. The van der Waals surface area contributed by atoms with E-state index in [2.05, 4.69) is 0 Å². The van der Waals surface area contributed by atoms with Crippen LogP contribution in [-0.4, -0.2) is 18.3 Å². The second-order valence-corrected chi connectivity index (χ2v) is 2.81. The van der Waals surface area contributed by atoms with Crippen LogP contribution in [0.5, 0.6) is 0 Å². The second-order valence-electron chi connectivity index (χ2n) is 2.81. The number of aliphatic hydroxyl groups is 1. The monoisotopic (exact) mass is 166 g/mol. The molecule has 0 aliphatic carbocycles. The summed E-state index contributed by atoms with van der Waals surface area (Å²) in [6, 6.07) is 9.70. The molecule has 1 aromatic rings. The molecule has 0 unspecified atom stereocenters. The Morgan fingerprint density at radius 1 is 1.25 bits per heavy atom. The van der Waals surface area contributed by atoms with E-state index in [-0.39, 0.29) is 6.10 Å². The molecule has 0 amide bonds. The molecule has 0 saturated heterocycles. The lowest BCUT2D eigenvalue weighted by atomic mass is 10.1. The van der Waals surface area contributed by atoms with Gasteiger partial charge in [0.25, 0.3) is 0 Å². The Balaban J connectivity index is 2.80. The van der Waals surface area contributed by atoms with Crippen LogP contribution < -0.4 is 0 Å². The van der Waals surface area contributed by atoms with Gasteiger partial charge in [0.05, 0.1) is 6.10 Å². The highest BCUT2D eigenvalue weighted by molar-refractivity contribution is 5.18. The van der Waals surface area contributed by atoms with E-state index in [9.17, 15) is 5.11 Å². The average Bonchev–Trinajstić information content (AvgIpc) is 2.07. The van der Waals surface area contributed by atoms with Crippen molar-refractivity contribution in [2.45, 2.75) is 19.1 Å². The van der Waals surface area contributed by atoms with Gasteiger partial charge in [-0.1, -0.05) is 30.3 Å². The zero-order chi connectivity index (χ0) is 8.97. The van der Waals surface area contributed by atoms with Gasteiger partial charge >= 0.3 is 0 Å². The molecule has 0 fully saturated rings. The van der Waals surface area contributed by atoms with Gasteiger partial charge in [-0.05, 0) is 12.5 Å². The van der Waals surface area contributed by atoms with Gasteiger partial charge < -0.3 is 9.84 Å². The van der Waals surface area contributed by atoms with E-state index in [0.717, 1.165) is 5.56 Å². The maximum absolute atomic E-state index is 9.34. The van der Waals surface area contributed by atoms with Crippen LogP contribution in [0, 0.1) is 0 Å². The minimum absolute atomic E-state index is 0.216. The largest absolute Gasteiger partial charge is 0.390 e. The van der Waals surface area contributed by atoms with Crippen molar-refractivity contribution in [3.63, 3.8) is 0 Å². The second kappa shape index (κ2) is 4.24. The highest BCUT2D eigenvalue weighted by atomic mass is 16.5. The van der Waals surface area contributed by atoms with Crippen molar-refractivity contribution in [1.29, 1.82) is 0 Å². The third kappa shape index (κ3) is 2.06. The molecule has 0 aromatic heterocycles. The Kier molecular flexibility index (Phi) is 3.26. The van der Waals surface area contributed by atoms with Crippen LogP contribution in [0.25, 0.3) is 0 Å². The van der Waals surface area contributed by atoms with Gasteiger partial charge in [0.1, 0.15) is 6.10 Å². The van der Waals surface area contributed by atoms with Crippen LogP contribution in [-0.2, 0) is 4.74 Å². The molecule has 0 radical (unpaired) electrons. The van der Waals surface area contributed by atoms with Crippen molar-refractivity contribution in [2.24, 2.45) is 0 Å². The molecule has 2 heteroatoms. The maximum Gasteiger partial charge on any atom is 0.108 e. The van der Waals surface area contributed by atoms with Gasteiger partial charge in [-0.25, -0.2) is 0 Å². The molecule has 1 aromatic carbocycles. The quantitative estimate of drug-likeness (QED) is 0.741. The van der Waals surface area contributed by atoms with Crippen LogP contribution >= 0.6 is 0 Å². The highest BCUT2D eigenvalue weighted by Crippen LogP contribution is 2.19. The molecule has 0 heterocycles. The molecule has 0 spiro atoms. The highest BCUT2D eigenvalue weighted by Gasteiger charge is 2.15. The van der Waals surface area contributed by atoms with Gasteiger partial charge in [-0.15, -0.1) is 0 Å². The van der Waals surface area contributed by atoms with Gasteiger partial charge in [0, 0.05) is 7.11 Å². The zero-order valence-corrected chi connectivity index (χ0v) is 7.40. The number of rotatable bonds is 3. The summed E-state index contributed by atoms with van der Waals surface area (Å²) in [5, 5.41) is 9.34. The third-order valence-corrected chi connectivity index (χ3v) is 1.82. The minimum atomic E-state index is -0.475. The summed E-state index contributed by atoms with van der Waals surface area (Å²) in [5.74, 6) is 0. The fourth-order valence-corrected chi connectivity index (χ4v) is 1.25. The molecule has 66 valence electrons. The van der Waals surface area contributed by atoms with Crippen molar-refractivity contribution in [1.82, 2.24) is 0 Å². The fraction of sp³-hybridized carbons (Fsp3) is 0.400. The van der Waals surface area contributed by atoms with E-state index < -0.39 is 6.10 Å². The van der Waals surface area contributed by atoms with Gasteiger partial charge in [0.2, 0.25) is 0 Å². The molecule has 2 atom stereocenters. The molecule has 0 aliphatic rings. The first-order chi connectivity index (χ1) is 5.75. The van der Waals surface area contributed by atoms with E-state index in [4.69, 9.17) is 4.74 Å². The maximum atomic E-state index is 9.34. The van der Waals surface area contributed by atoms with Crippen molar-refractivity contribution in [3.8, 4) is 0 Å². The lowest BCUT2D eigenvalue weighted by Crippen LogP contribution is -2.16. The Labute approximate surface area is 72.8 Å². The van der Waals surface area contributed by atoms with Crippen molar-refractivity contribution in [2.75, 3.05) is 7.11 Å². The fourth-order valence-electron chi connectivity index (χ4n) is 1.25. The predicted molar refractivity (Wildman–Crippen MR) is 47.9 cm³/mol. The Bertz CT molecular complexity index is 219. The molecule has 1 rings (SSSR count). The Morgan fingerprint density at radius 3 is 2.25 bits per heavy atom. The van der Waals surface area contributed by atoms with Crippen LogP contribution in [0.4, 0.5) is 0 Å². The molecular weight excluding hydrogens is 152 g/mol. The Hall–Kier alpha value is -0.860. The lowest BCUT2D eigenvalue weighted by molar-refractivity contribution is -0.00347. The van der Waals surface area contributed by atoms with Crippen LogP contribution in [0.2, 0.25) is 0 Å². The summed E-state index contributed by atoms with van der Waals surface area (Å²) >= 11 is 0. The lowest BCUT2D eigenvalue weighted by Gasteiger charge is -2.18. The number of aliphatic hydroxyl groups excluding tert-OH is 1. The first-order valence-electron chi connectivity index (χ1n) is 4.01.